The van der Waals surface area contributed by atoms with Gasteiger partial charge in [-0.25, -0.2) is 8.42 Å². The number of ether oxygens (including phenoxy) is 1. The lowest BCUT2D eigenvalue weighted by molar-refractivity contribution is 0.270. The first-order valence-electron chi connectivity index (χ1n) is 8.03. The van der Waals surface area contributed by atoms with E-state index in [9.17, 15) is 8.42 Å². The molecule has 26 heavy (non-hydrogen) atoms. The van der Waals surface area contributed by atoms with Gasteiger partial charge in [-0.1, -0.05) is 23.7 Å². The minimum Gasteiger partial charge on any atom is -0.495 e. The van der Waals surface area contributed by atoms with Crippen molar-refractivity contribution >= 4 is 21.6 Å². The van der Waals surface area contributed by atoms with Crippen LogP contribution < -0.4 is 10.1 Å². The summed E-state index contributed by atoms with van der Waals surface area (Å²) in [6, 6.07) is 13.1. The van der Waals surface area contributed by atoms with Crippen molar-refractivity contribution in [2.75, 3.05) is 26.7 Å². The largest absolute Gasteiger partial charge is 0.495 e. The van der Waals surface area contributed by atoms with E-state index in [1.807, 2.05) is 12.1 Å². The molecule has 1 N–H and O–H groups in total. The van der Waals surface area contributed by atoms with Gasteiger partial charge in [0.05, 0.1) is 24.8 Å². The summed E-state index contributed by atoms with van der Waals surface area (Å²) in [5.41, 5.74) is 1.16. The van der Waals surface area contributed by atoms with Crippen molar-refractivity contribution in [3.05, 3.63) is 58.6 Å². The Balaban J connectivity index is 2.06. The van der Waals surface area contributed by atoms with E-state index >= 15 is 0 Å². The van der Waals surface area contributed by atoms with Gasteiger partial charge in [-0.15, -0.1) is 0 Å². The van der Waals surface area contributed by atoms with Crippen LogP contribution in [0.5, 0.6) is 5.75 Å². The first kappa shape index (κ1) is 18.7. The molecule has 1 aliphatic heterocycles. The van der Waals surface area contributed by atoms with Gasteiger partial charge < -0.3 is 10.1 Å². The maximum absolute atomic E-state index is 13.3. The van der Waals surface area contributed by atoms with Crippen LogP contribution in [-0.2, 0) is 10.0 Å². The molecule has 0 radical (unpaired) electrons. The van der Waals surface area contributed by atoms with Gasteiger partial charge in [0.15, 0.2) is 0 Å². The van der Waals surface area contributed by atoms with Crippen molar-refractivity contribution in [1.29, 1.82) is 5.26 Å². The SMILES string of the molecule is COc1cc(C#N)ccc1S(=O)(=O)N1CCNCC1c1cccc(Cl)c1. The van der Waals surface area contributed by atoms with Crippen molar-refractivity contribution in [3.8, 4) is 11.8 Å². The molecule has 1 aliphatic rings. The fourth-order valence-electron chi connectivity index (χ4n) is 3.05. The number of nitriles is 1. The highest BCUT2D eigenvalue weighted by Gasteiger charge is 2.36. The van der Waals surface area contributed by atoms with E-state index in [0.717, 1.165) is 5.56 Å². The molecule has 0 aromatic heterocycles. The number of sulfonamides is 1. The van der Waals surface area contributed by atoms with Crippen LogP contribution in [0.15, 0.2) is 47.4 Å². The Morgan fingerprint density at radius 2 is 2.12 bits per heavy atom. The third-order valence-electron chi connectivity index (χ3n) is 4.31. The molecular weight excluding hydrogens is 374 g/mol. The van der Waals surface area contributed by atoms with Crippen molar-refractivity contribution in [1.82, 2.24) is 9.62 Å². The molecule has 1 fully saturated rings. The molecule has 0 saturated carbocycles. The van der Waals surface area contributed by atoms with Crippen LogP contribution in [0.25, 0.3) is 0 Å². The minimum atomic E-state index is -3.82. The van der Waals surface area contributed by atoms with Gasteiger partial charge >= 0.3 is 0 Å². The average Bonchev–Trinajstić information content (AvgIpc) is 2.67. The van der Waals surface area contributed by atoms with Crippen LogP contribution in [0.3, 0.4) is 0 Å². The fourth-order valence-corrected chi connectivity index (χ4v) is 5.00. The van der Waals surface area contributed by atoms with Crippen LogP contribution in [-0.4, -0.2) is 39.5 Å². The number of hydrogen-bond donors (Lipinski definition) is 1. The Labute approximate surface area is 158 Å². The third kappa shape index (κ3) is 3.55. The molecule has 2 aromatic rings. The monoisotopic (exact) mass is 391 g/mol. The van der Waals surface area contributed by atoms with E-state index < -0.39 is 10.0 Å². The summed E-state index contributed by atoms with van der Waals surface area (Å²) in [6.07, 6.45) is 0. The van der Waals surface area contributed by atoms with Gasteiger partial charge in [0.1, 0.15) is 10.6 Å². The van der Waals surface area contributed by atoms with Gasteiger partial charge in [-0.05, 0) is 35.9 Å². The number of halogens is 1. The predicted octanol–water partition coefficient (Wildman–Crippen LogP) is 2.56. The molecule has 0 aliphatic carbocycles. The highest BCUT2D eigenvalue weighted by molar-refractivity contribution is 7.89. The van der Waals surface area contributed by atoms with Crippen LogP contribution in [0.2, 0.25) is 5.02 Å². The lowest BCUT2D eigenvalue weighted by Gasteiger charge is -2.35. The zero-order chi connectivity index (χ0) is 18.7. The van der Waals surface area contributed by atoms with Crippen molar-refractivity contribution < 1.29 is 13.2 Å². The highest BCUT2D eigenvalue weighted by Crippen LogP contribution is 2.34. The predicted molar refractivity (Wildman–Crippen MR) is 98.7 cm³/mol. The molecule has 0 amide bonds. The third-order valence-corrected chi connectivity index (χ3v) is 6.49. The molecule has 3 rings (SSSR count). The summed E-state index contributed by atoms with van der Waals surface area (Å²) >= 11 is 6.09. The summed E-state index contributed by atoms with van der Waals surface area (Å²) in [5.74, 6) is 0.160. The first-order valence-corrected chi connectivity index (χ1v) is 9.85. The zero-order valence-corrected chi connectivity index (χ0v) is 15.7. The van der Waals surface area contributed by atoms with Crippen LogP contribution in [0.4, 0.5) is 0 Å². The number of benzene rings is 2. The summed E-state index contributed by atoms with van der Waals surface area (Å²) in [7, 11) is -2.43. The number of rotatable bonds is 4. The molecule has 8 heteroatoms. The first-order chi connectivity index (χ1) is 12.5. The summed E-state index contributed by atoms with van der Waals surface area (Å²) in [5, 5.41) is 12.8. The molecule has 1 unspecified atom stereocenters. The molecule has 1 heterocycles. The Bertz CT molecular complexity index is 956. The van der Waals surface area contributed by atoms with E-state index in [4.69, 9.17) is 21.6 Å². The van der Waals surface area contributed by atoms with E-state index in [0.29, 0.717) is 30.2 Å². The topological polar surface area (TPSA) is 82.4 Å². The minimum absolute atomic E-state index is 0.0490. The average molecular weight is 392 g/mol. The van der Waals surface area contributed by atoms with Crippen LogP contribution in [0.1, 0.15) is 17.2 Å². The van der Waals surface area contributed by atoms with Gasteiger partial charge in [0.25, 0.3) is 0 Å². The smallest absolute Gasteiger partial charge is 0.247 e. The Kier molecular flexibility index (Phi) is 5.49. The molecular formula is C18H18ClN3O3S. The maximum Gasteiger partial charge on any atom is 0.247 e. The van der Waals surface area contributed by atoms with Gasteiger partial charge in [0.2, 0.25) is 10.0 Å². The van der Waals surface area contributed by atoms with Gasteiger partial charge in [-0.3, -0.25) is 0 Å². The maximum atomic E-state index is 13.3. The highest BCUT2D eigenvalue weighted by atomic mass is 35.5. The molecule has 6 nitrogen and oxygen atoms in total. The van der Waals surface area contributed by atoms with E-state index in [-0.39, 0.29) is 16.7 Å². The summed E-state index contributed by atoms with van der Waals surface area (Å²) in [6.45, 7) is 1.36. The molecule has 1 saturated heterocycles. The van der Waals surface area contributed by atoms with E-state index in [1.165, 1.54) is 29.6 Å². The van der Waals surface area contributed by atoms with E-state index in [1.54, 1.807) is 18.2 Å². The second-order valence-electron chi connectivity index (χ2n) is 5.87. The Hall–Kier alpha value is -2.11. The van der Waals surface area contributed by atoms with E-state index in [2.05, 4.69) is 5.32 Å². The number of methoxy groups -OCH3 is 1. The van der Waals surface area contributed by atoms with Gasteiger partial charge in [-0.2, -0.15) is 9.57 Å². The molecule has 0 bridgehead atoms. The second-order valence-corrected chi connectivity index (χ2v) is 8.16. The molecule has 1 atom stereocenters. The second kappa shape index (κ2) is 7.64. The fraction of sp³-hybridized carbons (Fsp3) is 0.278. The normalized spacial score (nSPS) is 18.3. The van der Waals surface area contributed by atoms with Crippen LogP contribution in [0, 0.1) is 11.3 Å². The Morgan fingerprint density at radius 3 is 2.81 bits per heavy atom. The number of hydrogen-bond acceptors (Lipinski definition) is 5. The Morgan fingerprint density at radius 1 is 1.31 bits per heavy atom. The van der Waals surface area contributed by atoms with Crippen molar-refractivity contribution in [2.24, 2.45) is 0 Å². The van der Waals surface area contributed by atoms with Crippen molar-refractivity contribution in [3.63, 3.8) is 0 Å². The summed E-state index contributed by atoms with van der Waals surface area (Å²) < 4.78 is 33.4. The van der Waals surface area contributed by atoms with Crippen molar-refractivity contribution in [2.45, 2.75) is 10.9 Å². The zero-order valence-electron chi connectivity index (χ0n) is 14.1. The molecule has 136 valence electrons. The number of piperazine rings is 1. The quantitative estimate of drug-likeness (QED) is 0.866. The number of nitrogens with one attached hydrogen (secondary N) is 1. The number of nitrogens with zero attached hydrogens (tertiary/aromatic N) is 2. The molecule has 2 aromatic carbocycles. The lowest BCUT2D eigenvalue weighted by atomic mass is 10.1. The summed E-state index contributed by atoms with van der Waals surface area (Å²) in [4.78, 5) is 0.0490. The standard InChI is InChI=1S/C18H18ClN3O3S/c1-25-17-9-13(11-20)5-6-18(17)26(23,24)22-8-7-21-12-16(22)14-3-2-4-15(19)10-14/h2-6,9-10,16,21H,7-8,12H2,1H3. The lowest BCUT2D eigenvalue weighted by Crippen LogP contribution is -2.48. The molecule has 0 spiro atoms. The van der Waals surface area contributed by atoms with Crippen LogP contribution >= 0.6 is 11.6 Å². The van der Waals surface area contributed by atoms with Gasteiger partial charge in [0, 0.05) is 24.7 Å².